The molecule has 0 saturated heterocycles. The number of nitrogens with zero attached hydrogens (tertiary/aromatic N) is 1. The largest absolute Gasteiger partial charge is 0.371 e. The van der Waals surface area contributed by atoms with Crippen molar-refractivity contribution in [2.24, 2.45) is 5.73 Å². The minimum Gasteiger partial charge on any atom is -0.371 e. The summed E-state index contributed by atoms with van der Waals surface area (Å²) in [6, 6.07) is 7.23. The van der Waals surface area contributed by atoms with E-state index in [1.165, 1.54) is 36.1 Å². The van der Waals surface area contributed by atoms with Gasteiger partial charge in [-0.05, 0) is 49.4 Å². The first-order valence-electron chi connectivity index (χ1n) is 5.77. The van der Waals surface area contributed by atoms with Gasteiger partial charge in [0.25, 0.3) is 0 Å². The predicted octanol–water partition coefficient (Wildman–Crippen LogP) is 1.96. The molecule has 0 spiro atoms. The number of aryl methyl sites for hydroxylation is 2. The highest BCUT2D eigenvalue weighted by Crippen LogP contribution is 2.26. The summed E-state index contributed by atoms with van der Waals surface area (Å²) in [5.74, 6) is 0. The highest BCUT2D eigenvalue weighted by atomic mass is 15.1. The third kappa shape index (κ3) is 2.00. The van der Waals surface area contributed by atoms with E-state index in [1.54, 1.807) is 0 Å². The minimum atomic E-state index is 0.407. The Morgan fingerprint density at radius 1 is 1.33 bits per heavy atom. The van der Waals surface area contributed by atoms with E-state index in [-0.39, 0.29) is 0 Å². The molecule has 0 radical (unpaired) electrons. The third-order valence-corrected chi connectivity index (χ3v) is 3.49. The summed E-state index contributed by atoms with van der Waals surface area (Å²) >= 11 is 0. The van der Waals surface area contributed by atoms with Crippen molar-refractivity contribution in [3.05, 3.63) is 29.3 Å². The van der Waals surface area contributed by atoms with Crippen LogP contribution in [-0.2, 0) is 12.8 Å². The number of hydrogen-bond donors (Lipinski definition) is 1. The fourth-order valence-corrected chi connectivity index (χ4v) is 2.19. The Hall–Kier alpha value is -1.02. The van der Waals surface area contributed by atoms with Gasteiger partial charge in [-0.2, -0.15) is 0 Å². The normalized spacial score (nSPS) is 16.2. The van der Waals surface area contributed by atoms with E-state index in [9.17, 15) is 0 Å². The van der Waals surface area contributed by atoms with Crippen molar-refractivity contribution in [1.29, 1.82) is 0 Å². The van der Waals surface area contributed by atoms with Crippen LogP contribution in [0.1, 0.15) is 24.5 Å². The van der Waals surface area contributed by atoms with E-state index in [0.717, 1.165) is 0 Å². The van der Waals surface area contributed by atoms with Crippen LogP contribution in [0.2, 0.25) is 0 Å². The quantitative estimate of drug-likeness (QED) is 0.815. The predicted molar refractivity (Wildman–Crippen MR) is 65.4 cm³/mol. The summed E-state index contributed by atoms with van der Waals surface area (Å²) in [5, 5.41) is 0. The van der Waals surface area contributed by atoms with Crippen LogP contribution in [0.25, 0.3) is 0 Å². The maximum Gasteiger partial charge on any atom is 0.0380 e. The summed E-state index contributed by atoms with van der Waals surface area (Å²) in [4.78, 5) is 2.26. The maximum atomic E-state index is 5.68. The zero-order chi connectivity index (χ0) is 10.8. The molecule has 0 fully saturated rings. The Labute approximate surface area is 92.1 Å². The van der Waals surface area contributed by atoms with Gasteiger partial charge in [0.1, 0.15) is 0 Å². The highest BCUT2D eigenvalue weighted by Gasteiger charge is 2.13. The first kappa shape index (κ1) is 10.5. The molecule has 15 heavy (non-hydrogen) atoms. The van der Waals surface area contributed by atoms with E-state index in [2.05, 4.69) is 37.1 Å². The Kier molecular flexibility index (Phi) is 2.96. The molecule has 1 atom stereocenters. The zero-order valence-electron chi connectivity index (χ0n) is 9.66. The average Bonchev–Trinajstić information content (AvgIpc) is 2.73. The molecule has 0 bridgehead atoms. The van der Waals surface area contributed by atoms with Crippen molar-refractivity contribution >= 4 is 5.69 Å². The highest BCUT2D eigenvalue weighted by molar-refractivity contribution is 5.52. The molecule has 2 N–H and O–H groups in total. The molecule has 0 aliphatic heterocycles. The minimum absolute atomic E-state index is 0.407. The number of hydrogen-bond acceptors (Lipinski definition) is 2. The lowest BCUT2D eigenvalue weighted by molar-refractivity contribution is 0.695. The summed E-state index contributed by atoms with van der Waals surface area (Å²) < 4.78 is 0. The van der Waals surface area contributed by atoms with Gasteiger partial charge >= 0.3 is 0 Å². The first-order chi connectivity index (χ1) is 7.22. The number of rotatable bonds is 3. The summed E-state index contributed by atoms with van der Waals surface area (Å²) in [7, 11) is 2.12. The lowest BCUT2D eigenvalue weighted by Crippen LogP contribution is -2.35. The second kappa shape index (κ2) is 4.23. The molecule has 2 nitrogen and oxygen atoms in total. The number of anilines is 1. The number of likely N-dealkylation sites (N-methyl/N-ethyl adjacent to an activating group) is 1. The van der Waals surface area contributed by atoms with Crippen LogP contribution in [0.5, 0.6) is 0 Å². The Morgan fingerprint density at radius 2 is 2.07 bits per heavy atom. The van der Waals surface area contributed by atoms with Crippen LogP contribution in [0.15, 0.2) is 18.2 Å². The Balaban J connectivity index is 2.22. The maximum absolute atomic E-state index is 5.68. The van der Waals surface area contributed by atoms with Gasteiger partial charge < -0.3 is 10.6 Å². The first-order valence-corrected chi connectivity index (χ1v) is 5.77. The average molecular weight is 204 g/mol. The van der Waals surface area contributed by atoms with Crippen LogP contribution in [0.4, 0.5) is 5.69 Å². The van der Waals surface area contributed by atoms with Crippen molar-refractivity contribution in [2.45, 2.75) is 32.2 Å². The number of fused-ring (bicyclic) bond motifs is 1. The van der Waals surface area contributed by atoms with E-state index in [4.69, 9.17) is 5.73 Å². The van der Waals surface area contributed by atoms with E-state index in [1.807, 2.05) is 0 Å². The Morgan fingerprint density at radius 3 is 2.80 bits per heavy atom. The number of nitrogens with two attached hydrogens (primary N) is 1. The third-order valence-electron chi connectivity index (χ3n) is 3.49. The van der Waals surface area contributed by atoms with E-state index in [0.29, 0.717) is 12.6 Å². The van der Waals surface area contributed by atoms with Gasteiger partial charge in [-0.15, -0.1) is 0 Å². The van der Waals surface area contributed by atoms with Gasteiger partial charge in [0.05, 0.1) is 0 Å². The molecule has 1 aromatic carbocycles. The molecule has 2 rings (SSSR count). The van der Waals surface area contributed by atoms with Gasteiger partial charge in [-0.3, -0.25) is 0 Å². The smallest absolute Gasteiger partial charge is 0.0380 e. The SMILES string of the molecule is CC(CN)N(C)c1ccc2c(c1)CCC2. The van der Waals surface area contributed by atoms with Crippen LogP contribution in [-0.4, -0.2) is 19.6 Å². The molecule has 82 valence electrons. The van der Waals surface area contributed by atoms with Gasteiger partial charge in [-0.25, -0.2) is 0 Å². The summed E-state index contributed by atoms with van der Waals surface area (Å²) in [6.07, 6.45) is 3.81. The van der Waals surface area contributed by atoms with Crippen LogP contribution in [0, 0.1) is 0 Å². The Bertz CT molecular complexity index is 346. The monoisotopic (exact) mass is 204 g/mol. The van der Waals surface area contributed by atoms with E-state index >= 15 is 0 Å². The standard InChI is InChI=1S/C13H20N2/c1-10(9-14)15(2)13-7-6-11-4-3-5-12(11)8-13/h6-8,10H,3-5,9,14H2,1-2H3. The molecule has 0 saturated carbocycles. The molecule has 2 heteroatoms. The molecule has 0 amide bonds. The van der Waals surface area contributed by atoms with Crippen molar-refractivity contribution in [1.82, 2.24) is 0 Å². The fourth-order valence-electron chi connectivity index (χ4n) is 2.19. The van der Waals surface area contributed by atoms with Crippen LogP contribution < -0.4 is 10.6 Å². The van der Waals surface area contributed by atoms with Crippen molar-refractivity contribution in [3.63, 3.8) is 0 Å². The molecular formula is C13H20N2. The second-order valence-corrected chi connectivity index (χ2v) is 4.50. The van der Waals surface area contributed by atoms with E-state index < -0.39 is 0 Å². The van der Waals surface area contributed by atoms with Crippen molar-refractivity contribution in [3.8, 4) is 0 Å². The molecule has 1 aliphatic rings. The molecular weight excluding hydrogens is 184 g/mol. The summed E-state index contributed by atoms with van der Waals surface area (Å²) in [5.41, 5.74) is 10.0. The van der Waals surface area contributed by atoms with Crippen molar-refractivity contribution < 1.29 is 0 Å². The van der Waals surface area contributed by atoms with Gasteiger partial charge in [0, 0.05) is 25.3 Å². The van der Waals surface area contributed by atoms with Gasteiger partial charge in [-0.1, -0.05) is 6.07 Å². The lowest BCUT2D eigenvalue weighted by Gasteiger charge is -2.26. The fraction of sp³-hybridized carbons (Fsp3) is 0.538. The molecule has 1 aromatic rings. The molecule has 0 heterocycles. The van der Waals surface area contributed by atoms with Gasteiger partial charge in [0.2, 0.25) is 0 Å². The van der Waals surface area contributed by atoms with Crippen LogP contribution >= 0.6 is 0 Å². The molecule has 1 aliphatic carbocycles. The number of benzene rings is 1. The zero-order valence-corrected chi connectivity index (χ0v) is 9.66. The van der Waals surface area contributed by atoms with Gasteiger partial charge in [0.15, 0.2) is 0 Å². The van der Waals surface area contributed by atoms with Crippen molar-refractivity contribution in [2.75, 3.05) is 18.5 Å². The topological polar surface area (TPSA) is 29.3 Å². The molecule has 0 aromatic heterocycles. The lowest BCUT2D eigenvalue weighted by atomic mass is 10.1. The molecule has 1 unspecified atom stereocenters. The van der Waals surface area contributed by atoms with Crippen LogP contribution in [0.3, 0.4) is 0 Å². The summed E-state index contributed by atoms with van der Waals surface area (Å²) in [6.45, 7) is 2.86. The second-order valence-electron chi connectivity index (χ2n) is 4.50.